The second kappa shape index (κ2) is 21.5. The molecule has 7 heteroatoms. The van der Waals surface area contributed by atoms with Crippen molar-refractivity contribution in [2.24, 2.45) is 5.73 Å². The number of ether oxygens (including phenoxy) is 4. The second-order valence-corrected chi connectivity index (χ2v) is 5.55. The smallest absolute Gasteiger partial charge is 0.122 e. The summed E-state index contributed by atoms with van der Waals surface area (Å²) in [4.78, 5) is 9.96. The number of carbonyl (C=O) groups excluding carboxylic acids is 1. The van der Waals surface area contributed by atoms with Crippen molar-refractivity contribution in [1.82, 2.24) is 5.32 Å². The fourth-order valence-corrected chi connectivity index (χ4v) is 2.04. The minimum absolute atomic E-state index is 0.317. The zero-order chi connectivity index (χ0) is 20.7. The first-order valence-corrected chi connectivity index (χ1v) is 9.39. The molecule has 1 aromatic rings. The molecule has 0 aromatic heterocycles. The van der Waals surface area contributed by atoms with Gasteiger partial charge in [0.2, 0.25) is 0 Å². The van der Waals surface area contributed by atoms with Crippen LogP contribution < -0.4 is 11.1 Å². The Hall–Kier alpha value is -1.79. The largest absolute Gasteiger partial charge is 0.379 e. The van der Waals surface area contributed by atoms with Gasteiger partial charge in [-0.25, -0.2) is 0 Å². The second-order valence-electron chi connectivity index (χ2n) is 5.55. The summed E-state index contributed by atoms with van der Waals surface area (Å²) in [5.74, 6) is 2.37. The summed E-state index contributed by atoms with van der Waals surface area (Å²) in [7, 11) is 1.94. The van der Waals surface area contributed by atoms with Crippen molar-refractivity contribution in [3.63, 3.8) is 0 Å². The Balaban J connectivity index is 0.000000567. The monoisotopic (exact) mass is 394 g/mol. The quantitative estimate of drug-likeness (QED) is 0.247. The molecule has 158 valence electrons. The summed E-state index contributed by atoms with van der Waals surface area (Å²) < 4.78 is 20.6. The van der Waals surface area contributed by atoms with Gasteiger partial charge in [0.05, 0.1) is 46.2 Å². The van der Waals surface area contributed by atoms with Gasteiger partial charge in [-0.3, -0.25) is 0 Å². The lowest BCUT2D eigenvalue weighted by molar-refractivity contribution is -0.108. The van der Waals surface area contributed by atoms with E-state index in [0.717, 1.165) is 12.8 Å². The van der Waals surface area contributed by atoms with Gasteiger partial charge in [0.25, 0.3) is 0 Å². The van der Waals surface area contributed by atoms with Crippen LogP contribution in [0.1, 0.15) is 17.5 Å². The number of aldehydes is 1. The van der Waals surface area contributed by atoms with Crippen molar-refractivity contribution < 1.29 is 23.7 Å². The van der Waals surface area contributed by atoms with Crippen LogP contribution in [-0.4, -0.2) is 66.2 Å². The van der Waals surface area contributed by atoms with E-state index in [1.54, 1.807) is 0 Å². The van der Waals surface area contributed by atoms with Crippen LogP contribution in [0.4, 0.5) is 0 Å². The predicted octanol–water partition coefficient (Wildman–Crippen LogP) is 1.14. The van der Waals surface area contributed by atoms with E-state index in [4.69, 9.17) is 31.1 Å². The molecule has 3 N–H and O–H groups in total. The summed E-state index contributed by atoms with van der Waals surface area (Å²) in [6, 6.07) is 8.21. The first-order valence-electron chi connectivity index (χ1n) is 9.39. The zero-order valence-corrected chi connectivity index (χ0v) is 16.9. The van der Waals surface area contributed by atoms with Crippen LogP contribution in [0.5, 0.6) is 0 Å². The van der Waals surface area contributed by atoms with Crippen molar-refractivity contribution in [2.45, 2.75) is 19.5 Å². The lowest BCUT2D eigenvalue weighted by Gasteiger charge is -2.06. The van der Waals surface area contributed by atoms with E-state index in [9.17, 15) is 4.79 Å². The van der Waals surface area contributed by atoms with Crippen molar-refractivity contribution in [3.8, 4) is 12.3 Å². The Morgan fingerprint density at radius 3 is 2.00 bits per heavy atom. The van der Waals surface area contributed by atoms with Crippen LogP contribution in [0.2, 0.25) is 0 Å². The Morgan fingerprint density at radius 2 is 1.50 bits per heavy atom. The van der Waals surface area contributed by atoms with Gasteiger partial charge in [-0.15, -0.1) is 6.42 Å². The highest BCUT2D eigenvalue weighted by molar-refractivity contribution is 5.49. The molecule has 0 fully saturated rings. The Kier molecular flexibility index (Phi) is 20.1. The number of benzene rings is 1. The summed E-state index contributed by atoms with van der Waals surface area (Å²) in [6.45, 7) is 5.35. The summed E-state index contributed by atoms with van der Waals surface area (Å²) >= 11 is 0. The van der Waals surface area contributed by atoms with Crippen molar-refractivity contribution in [3.05, 3.63) is 35.4 Å². The lowest BCUT2D eigenvalue weighted by atomic mass is 10.1. The molecule has 0 unspecified atom stereocenters. The molecule has 0 aliphatic heterocycles. The maximum Gasteiger partial charge on any atom is 0.122 e. The third kappa shape index (κ3) is 16.4. The van der Waals surface area contributed by atoms with E-state index in [0.29, 0.717) is 65.8 Å². The molecule has 0 bridgehead atoms. The average Bonchev–Trinajstić information content (AvgIpc) is 2.72. The normalized spacial score (nSPS) is 10.0. The maximum absolute atomic E-state index is 9.96. The van der Waals surface area contributed by atoms with E-state index in [1.807, 2.05) is 19.2 Å². The Bertz CT molecular complexity index is 520. The third-order valence-electron chi connectivity index (χ3n) is 3.39. The van der Waals surface area contributed by atoms with E-state index in [1.165, 1.54) is 11.1 Å². The fraction of sp³-hybridized carbons (Fsp3) is 0.571. The standard InChI is InChI=1S/C12H20O5.C9H14N2/c1-2-5-14-7-9-16-11-12-17-10-8-15-6-3-4-13;1-11-7-9-5-3-2-4-8(9)6-10/h1,4H,3,5-12H2;2-5,11H,6-7,10H2,1H3. The van der Waals surface area contributed by atoms with Gasteiger partial charge < -0.3 is 34.8 Å². The van der Waals surface area contributed by atoms with Gasteiger partial charge >= 0.3 is 0 Å². The van der Waals surface area contributed by atoms with E-state index in [-0.39, 0.29) is 0 Å². The van der Waals surface area contributed by atoms with E-state index < -0.39 is 0 Å². The predicted molar refractivity (Wildman–Crippen MR) is 110 cm³/mol. The average molecular weight is 395 g/mol. The Morgan fingerprint density at radius 1 is 0.964 bits per heavy atom. The number of nitrogens with one attached hydrogen (secondary N) is 1. The van der Waals surface area contributed by atoms with Crippen LogP contribution in [0.25, 0.3) is 0 Å². The molecule has 0 amide bonds. The molecule has 0 aliphatic carbocycles. The summed E-state index contributed by atoms with van der Waals surface area (Å²) in [6.07, 6.45) is 6.26. The van der Waals surface area contributed by atoms with Crippen LogP contribution in [0.15, 0.2) is 24.3 Å². The molecule has 0 radical (unpaired) electrons. The van der Waals surface area contributed by atoms with Crippen molar-refractivity contribution >= 4 is 6.29 Å². The number of hydrogen-bond acceptors (Lipinski definition) is 7. The summed E-state index contributed by atoms with van der Waals surface area (Å²) in [5.41, 5.74) is 8.07. The molecule has 0 atom stereocenters. The fourth-order valence-electron chi connectivity index (χ4n) is 2.04. The molecule has 0 heterocycles. The molecule has 0 aliphatic rings. The lowest BCUT2D eigenvalue weighted by Crippen LogP contribution is -2.12. The molecular weight excluding hydrogens is 360 g/mol. The molecule has 1 rings (SSSR count). The van der Waals surface area contributed by atoms with Gasteiger partial charge in [0.15, 0.2) is 0 Å². The molecular formula is C21H34N2O5. The third-order valence-corrected chi connectivity index (χ3v) is 3.39. The van der Waals surface area contributed by atoms with Gasteiger partial charge in [-0.05, 0) is 18.2 Å². The minimum atomic E-state index is 0.317. The molecule has 1 aromatic carbocycles. The van der Waals surface area contributed by atoms with Crippen LogP contribution in [0.3, 0.4) is 0 Å². The van der Waals surface area contributed by atoms with Gasteiger partial charge in [0.1, 0.15) is 12.9 Å². The molecule has 0 spiro atoms. The van der Waals surface area contributed by atoms with Gasteiger partial charge in [-0.2, -0.15) is 0 Å². The van der Waals surface area contributed by atoms with Crippen molar-refractivity contribution in [1.29, 1.82) is 0 Å². The first kappa shape index (κ1) is 26.2. The topological polar surface area (TPSA) is 92.0 Å². The first-order chi connectivity index (χ1) is 13.8. The van der Waals surface area contributed by atoms with Gasteiger partial charge in [-0.1, -0.05) is 30.2 Å². The minimum Gasteiger partial charge on any atom is -0.379 e. The highest BCUT2D eigenvalue weighted by Gasteiger charge is 1.96. The molecule has 0 saturated carbocycles. The number of terminal acetylenes is 1. The van der Waals surface area contributed by atoms with Crippen molar-refractivity contribution in [2.75, 3.05) is 59.9 Å². The zero-order valence-electron chi connectivity index (χ0n) is 16.9. The number of rotatable bonds is 16. The van der Waals surface area contributed by atoms with Crippen LogP contribution in [0, 0.1) is 12.3 Å². The van der Waals surface area contributed by atoms with Crippen LogP contribution in [-0.2, 0) is 36.8 Å². The number of carbonyl (C=O) groups is 1. The SMILES string of the molecule is C#CCOCCOCCOCCOCCC=O.CNCc1ccccc1CN. The molecule has 28 heavy (non-hydrogen) atoms. The number of hydrogen-bond donors (Lipinski definition) is 2. The summed E-state index contributed by atoms with van der Waals surface area (Å²) in [5, 5.41) is 3.10. The highest BCUT2D eigenvalue weighted by Crippen LogP contribution is 2.06. The van der Waals surface area contributed by atoms with Gasteiger partial charge in [0, 0.05) is 19.5 Å². The molecule has 0 saturated heterocycles. The molecule has 7 nitrogen and oxygen atoms in total. The maximum atomic E-state index is 9.96. The van der Waals surface area contributed by atoms with Crippen LogP contribution >= 0.6 is 0 Å². The van der Waals surface area contributed by atoms with E-state index in [2.05, 4.69) is 23.4 Å². The van der Waals surface area contributed by atoms with E-state index >= 15 is 0 Å². The highest BCUT2D eigenvalue weighted by atomic mass is 16.6. The number of nitrogens with two attached hydrogens (primary N) is 1. The Labute approximate surface area is 168 Å².